The number of nitrogens with zero attached hydrogens (tertiary/aromatic N) is 1. The van der Waals surface area contributed by atoms with Crippen LogP contribution in [-0.4, -0.2) is 48.9 Å². The number of nitrogens with one attached hydrogen (secondary N) is 2. The number of amides is 2. The Morgan fingerprint density at radius 1 is 0.824 bits per heavy atom. The van der Waals surface area contributed by atoms with Crippen LogP contribution < -0.4 is 16.4 Å². The first-order valence-corrected chi connectivity index (χ1v) is 13.8. The molecule has 2 heterocycles. The molecule has 0 aliphatic carbocycles. The average molecular weight is 471 g/mol. The third-order valence-electron chi connectivity index (χ3n) is 7.48. The topological polar surface area (TPSA) is 87.5 Å². The molecule has 1 aromatic rings. The number of unbranched alkanes of at least 4 members (excludes halogenated alkanes) is 9. The van der Waals surface area contributed by atoms with Gasteiger partial charge in [0.05, 0.1) is 0 Å². The molecule has 1 atom stereocenters. The molecule has 1 unspecified atom stereocenters. The molecule has 3 rings (SSSR count). The first-order valence-electron chi connectivity index (χ1n) is 13.8. The summed E-state index contributed by atoms with van der Waals surface area (Å²) in [5, 5.41) is 5.67. The van der Waals surface area contributed by atoms with Crippen molar-refractivity contribution in [1.82, 2.24) is 10.2 Å². The number of hydrogen-bond acceptors (Lipinski definition) is 5. The highest BCUT2D eigenvalue weighted by molar-refractivity contribution is 6.01. The number of carbonyl (C=O) groups is 2. The summed E-state index contributed by atoms with van der Waals surface area (Å²) in [7, 11) is 0. The first-order chi connectivity index (χ1) is 16.7. The van der Waals surface area contributed by atoms with Gasteiger partial charge in [0.15, 0.2) is 0 Å². The van der Waals surface area contributed by atoms with E-state index in [2.05, 4.69) is 39.8 Å². The van der Waals surface area contributed by atoms with E-state index >= 15 is 0 Å². The van der Waals surface area contributed by atoms with Gasteiger partial charge < -0.3 is 16.0 Å². The van der Waals surface area contributed by atoms with Gasteiger partial charge in [-0.1, -0.05) is 63.5 Å². The average Bonchev–Trinajstić information content (AvgIpc) is 2.85. The molecule has 0 bridgehead atoms. The maximum atomic E-state index is 11.9. The van der Waals surface area contributed by atoms with Gasteiger partial charge in [-0.3, -0.25) is 14.9 Å². The van der Waals surface area contributed by atoms with Gasteiger partial charge in [-0.15, -0.1) is 0 Å². The van der Waals surface area contributed by atoms with Crippen LogP contribution in [0.2, 0.25) is 0 Å². The fourth-order valence-electron chi connectivity index (χ4n) is 5.27. The van der Waals surface area contributed by atoms with E-state index in [0.29, 0.717) is 18.8 Å². The summed E-state index contributed by atoms with van der Waals surface area (Å²) in [6.45, 7) is 4.49. The van der Waals surface area contributed by atoms with Crippen LogP contribution in [0.15, 0.2) is 24.3 Å². The second-order valence-electron chi connectivity index (χ2n) is 10.2. The maximum absolute atomic E-state index is 11.9. The molecule has 6 heteroatoms. The number of carbonyl (C=O) groups excluding carboxylic acids is 2. The molecule has 2 saturated heterocycles. The van der Waals surface area contributed by atoms with Gasteiger partial charge in [-0.2, -0.15) is 0 Å². The van der Waals surface area contributed by atoms with Gasteiger partial charge in [-0.25, -0.2) is 0 Å². The number of imide groups is 1. The smallest absolute Gasteiger partial charge is 0.249 e. The minimum absolute atomic E-state index is 0.176. The van der Waals surface area contributed by atoms with Gasteiger partial charge in [0.25, 0.3) is 0 Å². The first kappa shape index (κ1) is 26.7. The van der Waals surface area contributed by atoms with E-state index in [1.54, 1.807) is 0 Å². The largest absolute Gasteiger partial charge is 0.374 e. The summed E-state index contributed by atoms with van der Waals surface area (Å²) in [4.78, 5) is 25.9. The molecular formula is C28H46N4O2. The van der Waals surface area contributed by atoms with Crippen LogP contribution in [0.4, 0.5) is 5.69 Å². The zero-order valence-electron chi connectivity index (χ0n) is 21.0. The van der Waals surface area contributed by atoms with Gasteiger partial charge >= 0.3 is 0 Å². The number of benzene rings is 1. The van der Waals surface area contributed by atoms with E-state index in [0.717, 1.165) is 12.2 Å². The summed E-state index contributed by atoms with van der Waals surface area (Å²) in [6, 6.07) is 8.23. The number of hydrogen-bond donors (Lipinski definition) is 3. The van der Waals surface area contributed by atoms with Crippen molar-refractivity contribution in [3.8, 4) is 0 Å². The monoisotopic (exact) mass is 470 g/mol. The SMILES string of the molecule is NCCCCCCCCCCCCN1CCC(c2ccc(NC3CCC(=O)NC3=O)cc2)CC1. The summed E-state index contributed by atoms with van der Waals surface area (Å²) in [5.41, 5.74) is 7.89. The lowest BCUT2D eigenvalue weighted by Gasteiger charge is -2.32. The standard InChI is InChI=1S/C28H46N4O2/c29-19-9-7-5-3-1-2-4-6-8-10-20-32-21-17-24(18-22-32)23-11-13-25(14-12-23)30-26-15-16-27(33)31-28(26)34/h11-14,24,26,30H,1-10,15-22,29H2,(H,31,33,34). The molecule has 2 fully saturated rings. The lowest BCUT2D eigenvalue weighted by atomic mass is 9.89. The Morgan fingerprint density at radius 2 is 1.41 bits per heavy atom. The highest BCUT2D eigenvalue weighted by Gasteiger charge is 2.26. The molecule has 2 aliphatic rings. The lowest BCUT2D eigenvalue weighted by Crippen LogP contribution is -2.47. The van der Waals surface area contributed by atoms with Crippen LogP contribution in [0.3, 0.4) is 0 Å². The Hall–Kier alpha value is -1.92. The van der Waals surface area contributed by atoms with E-state index in [9.17, 15) is 9.59 Å². The highest BCUT2D eigenvalue weighted by atomic mass is 16.2. The van der Waals surface area contributed by atoms with Crippen LogP contribution in [-0.2, 0) is 9.59 Å². The second kappa shape index (κ2) is 15.2. The molecule has 1 aromatic carbocycles. The molecule has 0 saturated carbocycles. The number of piperidine rings is 2. The number of likely N-dealkylation sites (tertiary alicyclic amines) is 1. The van der Waals surface area contributed by atoms with Crippen molar-refractivity contribution in [1.29, 1.82) is 0 Å². The Morgan fingerprint density at radius 3 is 2.00 bits per heavy atom. The van der Waals surface area contributed by atoms with Crippen molar-refractivity contribution in [3.05, 3.63) is 29.8 Å². The van der Waals surface area contributed by atoms with Crippen molar-refractivity contribution in [2.45, 2.75) is 102 Å². The van der Waals surface area contributed by atoms with Crippen molar-refractivity contribution in [2.75, 3.05) is 31.5 Å². The molecule has 2 amide bonds. The summed E-state index contributed by atoms with van der Waals surface area (Å²) >= 11 is 0. The summed E-state index contributed by atoms with van der Waals surface area (Å²) in [5.74, 6) is 0.234. The molecule has 0 radical (unpaired) electrons. The molecule has 4 N–H and O–H groups in total. The van der Waals surface area contributed by atoms with Gasteiger partial charge in [0, 0.05) is 12.1 Å². The Labute approximate surface area is 206 Å². The Kier molecular flexibility index (Phi) is 11.9. The molecule has 0 spiro atoms. The quantitative estimate of drug-likeness (QED) is 0.250. The molecule has 190 valence electrons. The number of nitrogens with two attached hydrogens (primary N) is 1. The van der Waals surface area contributed by atoms with Gasteiger partial charge in [0.2, 0.25) is 11.8 Å². The fourth-order valence-corrected chi connectivity index (χ4v) is 5.27. The minimum Gasteiger partial charge on any atom is -0.374 e. The molecular weight excluding hydrogens is 424 g/mol. The zero-order valence-corrected chi connectivity index (χ0v) is 21.0. The predicted octanol–water partition coefficient (Wildman–Crippen LogP) is 4.94. The third kappa shape index (κ3) is 9.38. The van der Waals surface area contributed by atoms with Gasteiger partial charge in [-0.05, 0) is 81.9 Å². The Bertz CT molecular complexity index is 728. The molecule has 2 aliphatic heterocycles. The Balaban J connectivity index is 1.24. The zero-order chi connectivity index (χ0) is 24.0. The van der Waals surface area contributed by atoms with Crippen LogP contribution in [0.5, 0.6) is 0 Å². The van der Waals surface area contributed by atoms with E-state index in [4.69, 9.17) is 5.73 Å². The van der Waals surface area contributed by atoms with Gasteiger partial charge in [0.1, 0.15) is 6.04 Å². The van der Waals surface area contributed by atoms with E-state index in [-0.39, 0.29) is 17.9 Å². The van der Waals surface area contributed by atoms with Crippen LogP contribution in [0.1, 0.15) is 101 Å². The summed E-state index contributed by atoms with van der Waals surface area (Å²) < 4.78 is 0. The van der Waals surface area contributed by atoms with Crippen LogP contribution in [0, 0.1) is 0 Å². The van der Waals surface area contributed by atoms with Crippen molar-refractivity contribution < 1.29 is 9.59 Å². The predicted molar refractivity (Wildman–Crippen MR) is 140 cm³/mol. The van der Waals surface area contributed by atoms with Crippen LogP contribution >= 0.6 is 0 Å². The van der Waals surface area contributed by atoms with E-state index in [1.807, 2.05) is 0 Å². The van der Waals surface area contributed by atoms with Crippen molar-refractivity contribution >= 4 is 17.5 Å². The lowest BCUT2D eigenvalue weighted by molar-refractivity contribution is -0.133. The molecule has 6 nitrogen and oxygen atoms in total. The maximum Gasteiger partial charge on any atom is 0.249 e. The normalized spacial score (nSPS) is 19.9. The molecule has 34 heavy (non-hydrogen) atoms. The molecule has 0 aromatic heterocycles. The highest BCUT2D eigenvalue weighted by Crippen LogP contribution is 2.29. The third-order valence-corrected chi connectivity index (χ3v) is 7.48. The number of anilines is 1. The van der Waals surface area contributed by atoms with Crippen molar-refractivity contribution in [3.63, 3.8) is 0 Å². The minimum atomic E-state index is -0.321. The van der Waals surface area contributed by atoms with Crippen LogP contribution in [0.25, 0.3) is 0 Å². The van der Waals surface area contributed by atoms with E-state index in [1.165, 1.54) is 102 Å². The summed E-state index contributed by atoms with van der Waals surface area (Å²) in [6.07, 6.45) is 16.9. The fraction of sp³-hybridized carbons (Fsp3) is 0.714. The van der Waals surface area contributed by atoms with E-state index < -0.39 is 0 Å². The second-order valence-corrected chi connectivity index (χ2v) is 10.2. The van der Waals surface area contributed by atoms with Crippen molar-refractivity contribution in [2.24, 2.45) is 5.73 Å². The number of rotatable bonds is 15.